The molecule has 0 saturated carbocycles. The molecule has 0 bridgehead atoms. The van der Waals surface area contributed by atoms with Crippen LogP contribution < -0.4 is 5.73 Å². The molecule has 88 valence electrons. The topological polar surface area (TPSA) is 52.3 Å². The lowest BCUT2D eigenvalue weighted by Crippen LogP contribution is -2.07. The van der Waals surface area contributed by atoms with Crippen LogP contribution in [-0.2, 0) is 4.74 Å². The molecule has 0 unspecified atom stereocenters. The van der Waals surface area contributed by atoms with Crippen molar-refractivity contribution in [2.24, 2.45) is 0 Å². The van der Waals surface area contributed by atoms with E-state index >= 15 is 0 Å². The Labute approximate surface area is 100 Å². The molecule has 0 aliphatic rings. The lowest BCUT2D eigenvalue weighted by Gasteiger charge is -2.06. The lowest BCUT2D eigenvalue weighted by atomic mass is 10.1. The predicted molar refractivity (Wildman–Crippen MR) is 68.9 cm³/mol. The number of anilines is 1. The van der Waals surface area contributed by atoms with E-state index in [1.807, 2.05) is 19.2 Å². The highest BCUT2D eigenvalue weighted by Gasteiger charge is 2.07. The van der Waals surface area contributed by atoms with Gasteiger partial charge in [-0.3, -0.25) is 0 Å². The van der Waals surface area contributed by atoms with Gasteiger partial charge in [0.1, 0.15) is 0 Å². The zero-order valence-corrected chi connectivity index (χ0v) is 10.5. The van der Waals surface area contributed by atoms with Crippen molar-refractivity contribution in [1.82, 2.24) is 0 Å². The normalized spacial score (nSPS) is 10.1. The van der Waals surface area contributed by atoms with Gasteiger partial charge in [-0.05, 0) is 43.0 Å². The second kappa shape index (κ2) is 6.43. The quantitative estimate of drug-likeness (QED) is 0.487. The van der Waals surface area contributed by atoms with E-state index in [4.69, 9.17) is 10.5 Å². The number of hydrogen-bond acceptors (Lipinski definition) is 4. The molecule has 16 heavy (non-hydrogen) atoms. The summed E-state index contributed by atoms with van der Waals surface area (Å²) in [7, 11) is 0. The molecule has 1 aromatic carbocycles. The van der Waals surface area contributed by atoms with Gasteiger partial charge >= 0.3 is 5.97 Å². The Morgan fingerprint density at radius 2 is 2.25 bits per heavy atom. The Balaban J connectivity index is 2.50. The number of carbonyl (C=O) groups is 1. The van der Waals surface area contributed by atoms with Gasteiger partial charge in [-0.2, -0.15) is 11.8 Å². The minimum absolute atomic E-state index is 0.298. The number of aryl methyl sites for hydroxylation is 1. The first-order valence-electron chi connectivity index (χ1n) is 5.17. The van der Waals surface area contributed by atoms with E-state index in [-0.39, 0.29) is 5.97 Å². The molecule has 1 rings (SSSR count). The molecule has 0 aromatic heterocycles. The molecular formula is C12H17NO2S. The second-order valence-corrected chi connectivity index (χ2v) is 4.54. The number of esters is 1. The summed E-state index contributed by atoms with van der Waals surface area (Å²) in [5, 5.41) is 0. The number of rotatable bonds is 5. The second-order valence-electron chi connectivity index (χ2n) is 3.55. The highest BCUT2D eigenvalue weighted by molar-refractivity contribution is 7.98. The van der Waals surface area contributed by atoms with Crippen LogP contribution in [0.5, 0.6) is 0 Å². The average molecular weight is 239 g/mol. The molecule has 4 heteroatoms. The summed E-state index contributed by atoms with van der Waals surface area (Å²) in [5.74, 6) is 0.705. The van der Waals surface area contributed by atoms with E-state index in [2.05, 4.69) is 0 Å². The van der Waals surface area contributed by atoms with E-state index in [0.29, 0.717) is 17.9 Å². The molecule has 0 radical (unpaired) electrons. The lowest BCUT2D eigenvalue weighted by molar-refractivity contribution is 0.0506. The van der Waals surface area contributed by atoms with Crippen LogP contribution in [0.4, 0.5) is 5.69 Å². The molecule has 1 aromatic rings. The van der Waals surface area contributed by atoms with Gasteiger partial charge in [-0.15, -0.1) is 0 Å². The summed E-state index contributed by atoms with van der Waals surface area (Å²) < 4.78 is 5.12. The van der Waals surface area contributed by atoms with E-state index in [1.165, 1.54) is 0 Å². The molecular weight excluding hydrogens is 222 g/mol. The summed E-state index contributed by atoms with van der Waals surface area (Å²) in [4.78, 5) is 11.6. The van der Waals surface area contributed by atoms with Gasteiger partial charge in [0.15, 0.2) is 0 Å². The first-order chi connectivity index (χ1) is 7.65. The number of carbonyl (C=O) groups excluding carboxylic acids is 1. The van der Waals surface area contributed by atoms with Gasteiger partial charge < -0.3 is 10.5 Å². The molecule has 0 fully saturated rings. The number of benzene rings is 1. The third-order valence-corrected chi connectivity index (χ3v) is 2.94. The average Bonchev–Trinajstić information content (AvgIpc) is 2.28. The zero-order valence-electron chi connectivity index (χ0n) is 9.66. The third kappa shape index (κ3) is 3.77. The minimum Gasteiger partial charge on any atom is -0.462 e. The van der Waals surface area contributed by atoms with Crippen molar-refractivity contribution in [3.63, 3.8) is 0 Å². The minimum atomic E-state index is -0.298. The molecule has 0 heterocycles. The molecule has 0 spiro atoms. The van der Waals surface area contributed by atoms with Crippen LogP contribution in [0, 0.1) is 6.92 Å². The number of nitrogens with two attached hydrogens (primary N) is 1. The molecule has 0 saturated heterocycles. The van der Waals surface area contributed by atoms with Crippen LogP contribution in [0.2, 0.25) is 0 Å². The van der Waals surface area contributed by atoms with E-state index in [1.54, 1.807) is 23.9 Å². The maximum absolute atomic E-state index is 11.6. The van der Waals surface area contributed by atoms with Gasteiger partial charge in [-0.1, -0.05) is 6.07 Å². The number of hydrogen-bond donors (Lipinski definition) is 1. The first-order valence-corrected chi connectivity index (χ1v) is 6.56. The molecule has 0 atom stereocenters. The van der Waals surface area contributed by atoms with Crippen molar-refractivity contribution in [2.75, 3.05) is 24.3 Å². The van der Waals surface area contributed by atoms with Crippen LogP contribution in [-0.4, -0.2) is 24.6 Å². The number of ether oxygens (including phenoxy) is 1. The fourth-order valence-corrected chi connectivity index (χ4v) is 1.63. The number of nitrogen functional groups attached to an aromatic ring is 1. The molecule has 3 nitrogen and oxygen atoms in total. The highest BCUT2D eigenvalue weighted by atomic mass is 32.2. The zero-order chi connectivity index (χ0) is 12.0. The summed E-state index contributed by atoms with van der Waals surface area (Å²) in [6.07, 6.45) is 2.91. The Hall–Kier alpha value is -1.16. The van der Waals surface area contributed by atoms with Gasteiger partial charge in [0.05, 0.1) is 12.2 Å². The van der Waals surface area contributed by atoms with Crippen LogP contribution in [0.25, 0.3) is 0 Å². The van der Waals surface area contributed by atoms with Crippen molar-refractivity contribution in [2.45, 2.75) is 13.3 Å². The maximum atomic E-state index is 11.6. The Kier molecular flexibility index (Phi) is 5.19. The van der Waals surface area contributed by atoms with Crippen LogP contribution in [0.15, 0.2) is 18.2 Å². The van der Waals surface area contributed by atoms with E-state index in [9.17, 15) is 4.79 Å². The number of thioether (sulfide) groups is 1. The smallest absolute Gasteiger partial charge is 0.338 e. The van der Waals surface area contributed by atoms with Crippen LogP contribution >= 0.6 is 11.8 Å². The van der Waals surface area contributed by atoms with E-state index < -0.39 is 0 Å². The van der Waals surface area contributed by atoms with Crippen molar-refractivity contribution >= 4 is 23.4 Å². The van der Waals surface area contributed by atoms with Crippen LogP contribution in [0.1, 0.15) is 22.3 Å². The fraction of sp³-hybridized carbons (Fsp3) is 0.417. The molecule has 2 N–H and O–H groups in total. The van der Waals surface area contributed by atoms with Crippen molar-refractivity contribution in [3.8, 4) is 0 Å². The Morgan fingerprint density at radius 3 is 2.88 bits per heavy atom. The highest BCUT2D eigenvalue weighted by Crippen LogP contribution is 2.13. The van der Waals surface area contributed by atoms with Gasteiger partial charge in [0.2, 0.25) is 0 Å². The summed E-state index contributed by atoms with van der Waals surface area (Å²) in [6, 6.07) is 5.22. The van der Waals surface area contributed by atoms with Gasteiger partial charge in [0.25, 0.3) is 0 Å². The first kappa shape index (κ1) is 12.9. The van der Waals surface area contributed by atoms with Gasteiger partial charge in [0, 0.05) is 5.69 Å². The van der Waals surface area contributed by atoms with Crippen molar-refractivity contribution < 1.29 is 9.53 Å². The molecule has 0 amide bonds. The molecule has 0 aliphatic carbocycles. The summed E-state index contributed by atoms with van der Waals surface area (Å²) >= 11 is 1.74. The standard InChI is InChI=1S/C12H17NO2S/c1-9-4-5-10(8-11(9)13)12(14)15-6-3-7-16-2/h4-5,8H,3,6-7,13H2,1-2H3. The van der Waals surface area contributed by atoms with E-state index in [0.717, 1.165) is 17.7 Å². The maximum Gasteiger partial charge on any atom is 0.338 e. The third-order valence-electron chi connectivity index (χ3n) is 2.24. The predicted octanol–water partition coefficient (Wildman–Crippen LogP) is 2.49. The van der Waals surface area contributed by atoms with Crippen molar-refractivity contribution in [3.05, 3.63) is 29.3 Å². The summed E-state index contributed by atoms with van der Waals surface area (Å²) in [5.41, 5.74) is 7.84. The SMILES string of the molecule is CSCCCOC(=O)c1ccc(C)c(N)c1. The Morgan fingerprint density at radius 1 is 1.50 bits per heavy atom. The summed E-state index contributed by atoms with van der Waals surface area (Å²) in [6.45, 7) is 2.37. The largest absolute Gasteiger partial charge is 0.462 e. The molecule has 0 aliphatic heterocycles. The Bertz CT molecular complexity index is 366. The van der Waals surface area contributed by atoms with Crippen molar-refractivity contribution in [1.29, 1.82) is 0 Å². The monoisotopic (exact) mass is 239 g/mol. The van der Waals surface area contributed by atoms with Gasteiger partial charge in [-0.25, -0.2) is 4.79 Å². The van der Waals surface area contributed by atoms with Crippen LogP contribution in [0.3, 0.4) is 0 Å². The fourth-order valence-electron chi connectivity index (χ4n) is 1.22.